The highest BCUT2D eigenvalue weighted by Crippen LogP contribution is 2.17. The first-order valence-corrected chi connectivity index (χ1v) is 11.5. The second kappa shape index (κ2) is 11.1. The monoisotopic (exact) mass is 435 g/mol. The molecule has 0 aliphatic heterocycles. The average molecular weight is 436 g/mol. The molecule has 7 heteroatoms. The quantitative estimate of drug-likeness (QED) is 0.372. The summed E-state index contributed by atoms with van der Waals surface area (Å²) in [5, 5.41) is 2.86. The van der Waals surface area contributed by atoms with Crippen LogP contribution in [-0.4, -0.2) is 25.9 Å². The number of benzene rings is 2. The van der Waals surface area contributed by atoms with Crippen molar-refractivity contribution in [1.29, 1.82) is 0 Å². The van der Waals surface area contributed by atoms with Crippen molar-refractivity contribution in [2.45, 2.75) is 24.2 Å². The third kappa shape index (κ3) is 7.38. The van der Waals surface area contributed by atoms with E-state index < -0.39 is 10.0 Å². The highest BCUT2D eigenvalue weighted by molar-refractivity contribution is 7.92. The van der Waals surface area contributed by atoms with E-state index in [1.165, 1.54) is 6.08 Å². The summed E-state index contributed by atoms with van der Waals surface area (Å²) >= 11 is 0. The molecule has 3 aromatic rings. The molecule has 3 rings (SSSR count). The van der Waals surface area contributed by atoms with E-state index in [2.05, 4.69) is 15.0 Å². The van der Waals surface area contributed by atoms with Crippen molar-refractivity contribution in [3.05, 3.63) is 96.3 Å². The molecule has 0 aliphatic carbocycles. The van der Waals surface area contributed by atoms with E-state index in [9.17, 15) is 13.2 Å². The molecule has 0 fully saturated rings. The number of pyridine rings is 1. The van der Waals surface area contributed by atoms with Crippen molar-refractivity contribution in [2.75, 3.05) is 11.3 Å². The summed E-state index contributed by atoms with van der Waals surface area (Å²) in [5.41, 5.74) is 2.47. The van der Waals surface area contributed by atoms with Crippen LogP contribution in [0.3, 0.4) is 0 Å². The Morgan fingerprint density at radius 2 is 1.71 bits per heavy atom. The number of hydrogen-bond donors (Lipinski definition) is 2. The second-order valence-corrected chi connectivity index (χ2v) is 8.67. The molecule has 2 N–H and O–H groups in total. The summed E-state index contributed by atoms with van der Waals surface area (Å²) in [6.45, 7) is 0.587. The first-order chi connectivity index (χ1) is 15.0. The lowest BCUT2D eigenvalue weighted by Crippen LogP contribution is -2.22. The maximum absolute atomic E-state index is 12.5. The fraction of sp³-hybridized carbons (Fsp3) is 0.167. The zero-order chi connectivity index (χ0) is 21.9. The van der Waals surface area contributed by atoms with Gasteiger partial charge in [0.05, 0.1) is 4.90 Å². The number of hydrogen-bond acceptors (Lipinski definition) is 4. The van der Waals surface area contributed by atoms with Gasteiger partial charge in [-0.2, -0.15) is 0 Å². The molecule has 0 bridgehead atoms. The molecule has 1 amide bonds. The zero-order valence-electron chi connectivity index (χ0n) is 17.1. The van der Waals surface area contributed by atoms with Gasteiger partial charge in [0.1, 0.15) is 0 Å². The Bertz CT molecular complexity index is 1100. The predicted molar refractivity (Wildman–Crippen MR) is 123 cm³/mol. The van der Waals surface area contributed by atoms with Gasteiger partial charge in [-0.1, -0.05) is 36.4 Å². The number of anilines is 1. The number of nitrogens with zero attached hydrogens (tertiary/aromatic N) is 1. The first kappa shape index (κ1) is 22.2. The summed E-state index contributed by atoms with van der Waals surface area (Å²) in [5.74, 6) is -0.135. The number of aromatic nitrogens is 1. The van der Waals surface area contributed by atoms with Crippen molar-refractivity contribution >= 4 is 27.7 Å². The van der Waals surface area contributed by atoms with E-state index in [0.717, 1.165) is 30.4 Å². The lowest BCUT2D eigenvalue weighted by molar-refractivity contribution is -0.116. The number of nitrogens with one attached hydrogen (secondary N) is 2. The van der Waals surface area contributed by atoms with Gasteiger partial charge in [0.15, 0.2) is 0 Å². The van der Waals surface area contributed by atoms with Crippen LogP contribution in [0.5, 0.6) is 0 Å². The number of rotatable bonds is 10. The topological polar surface area (TPSA) is 88.2 Å². The van der Waals surface area contributed by atoms with Gasteiger partial charge in [-0.15, -0.1) is 0 Å². The Balaban J connectivity index is 1.39. The summed E-state index contributed by atoms with van der Waals surface area (Å²) in [6.07, 6.45) is 9.14. The van der Waals surface area contributed by atoms with E-state index >= 15 is 0 Å². The second-order valence-electron chi connectivity index (χ2n) is 6.98. The molecule has 0 saturated carbocycles. The number of amides is 1. The average Bonchev–Trinajstić information content (AvgIpc) is 2.79. The largest absolute Gasteiger partial charge is 0.353 e. The molecule has 0 spiro atoms. The minimum atomic E-state index is -3.60. The summed E-state index contributed by atoms with van der Waals surface area (Å²) in [4.78, 5) is 16.1. The molecule has 31 heavy (non-hydrogen) atoms. The number of carbonyl (C=O) groups excluding carboxylic acids is 1. The normalized spacial score (nSPS) is 11.4. The van der Waals surface area contributed by atoms with Crippen LogP contribution in [0.1, 0.15) is 24.0 Å². The molecule has 0 aliphatic rings. The lowest BCUT2D eigenvalue weighted by atomic mass is 10.1. The Kier molecular flexibility index (Phi) is 7.95. The molecule has 1 heterocycles. The van der Waals surface area contributed by atoms with Crippen LogP contribution < -0.4 is 10.0 Å². The smallest absolute Gasteiger partial charge is 0.261 e. The van der Waals surface area contributed by atoms with Gasteiger partial charge in [-0.25, -0.2) is 8.42 Å². The highest BCUT2D eigenvalue weighted by Gasteiger charge is 2.13. The van der Waals surface area contributed by atoms with Crippen molar-refractivity contribution < 1.29 is 13.2 Å². The molecule has 160 valence electrons. The maximum atomic E-state index is 12.5. The summed E-state index contributed by atoms with van der Waals surface area (Å²) in [6, 6.07) is 19.4. The van der Waals surface area contributed by atoms with Crippen LogP contribution in [0.4, 0.5) is 5.69 Å². The maximum Gasteiger partial charge on any atom is 0.261 e. The minimum Gasteiger partial charge on any atom is -0.353 e. The third-order valence-electron chi connectivity index (χ3n) is 4.56. The fourth-order valence-corrected chi connectivity index (χ4v) is 3.99. The standard InChI is InChI=1S/C24H25N3O3S/c28-24(16-13-21-8-6-17-25-19-21)26-18-5-4-7-20-11-14-23(15-12-20)31(29,30)27-22-9-2-1-3-10-22/h1-3,6,8-17,19,27H,4-5,7,18H2,(H,26,28)/b16-13+. The van der Waals surface area contributed by atoms with Gasteiger partial charge in [0, 0.05) is 30.7 Å². The Morgan fingerprint density at radius 1 is 0.935 bits per heavy atom. The van der Waals surface area contributed by atoms with Gasteiger partial charge in [-0.05, 0) is 66.8 Å². The molecular formula is C24H25N3O3S. The fourth-order valence-electron chi connectivity index (χ4n) is 2.93. The lowest BCUT2D eigenvalue weighted by Gasteiger charge is -2.09. The molecule has 2 aromatic carbocycles. The molecule has 0 radical (unpaired) electrons. The van der Waals surface area contributed by atoms with Crippen molar-refractivity contribution in [3.63, 3.8) is 0 Å². The number of unbranched alkanes of at least 4 members (excludes halogenated alkanes) is 1. The van der Waals surface area contributed by atoms with Gasteiger partial charge in [0.2, 0.25) is 5.91 Å². The van der Waals surface area contributed by atoms with Gasteiger partial charge in [-0.3, -0.25) is 14.5 Å². The SMILES string of the molecule is O=C(/C=C/c1cccnc1)NCCCCc1ccc(S(=O)(=O)Nc2ccccc2)cc1. The predicted octanol–water partition coefficient (Wildman–Crippen LogP) is 4.03. The molecule has 6 nitrogen and oxygen atoms in total. The Hall–Kier alpha value is -3.45. The molecular weight excluding hydrogens is 410 g/mol. The van der Waals surface area contributed by atoms with E-state index in [0.29, 0.717) is 12.2 Å². The third-order valence-corrected chi connectivity index (χ3v) is 5.96. The van der Waals surface area contributed by atoms with Crippen molar-refractivity contribution in [2.24, 2.45) is 0 Å². The van der Waals surface area contributed by atoms with Crippen LogP contribution in [0.25, 0.3) is 6.08 Å². The highest BCUT2D eigenvalue weighted by atomic mass is 32.2. The van der Waals surface area contributed by atoms with Gasteiger partial charge >= 0.3 is 0 Å². The van der Waals surface area contributed by atoms with Crippen LogP contribution >= 0.6 is 0 Å². The van der Waals surface area contributed by atoms with Crippen LogP contribution in [0.15, 0.2) is 90.1 Å². The van der Waals surface area contributed by atoms with Crippen LogP contribution in [0, 0.1) is 0 Å². The zero-order valence-corrected chi connectivity index (χ0v) is 17.9. The van der Waals surface area contributed by atoms with Crippen molar-refractivity contribution in [3.8, 4) is 0 Å². The molecule has 0 atom stereocenters. The minimum absolute atomic E-state index is 0.135. The van der Waals surface area contributed by atoms with Crippen LogP contribution in [0.2, 0.25) is 0 Å². The van der Waals surface area contributed by atoms with E-state index in [-0.39, 0.29) is 10.8 Å². The summed E-state index contributed by atoms with van der Waals surface area (Å²) in [7, 11) is -3.60. The Morgan fingerprint density at radius 3 is 2.42 bits per heavy atom. The number of para-hydroxylation sites is 1. The first-order valence-electron chi connectivity index (χ1n) is 10.1. The molecule has 0 saturated heterocycles. The number of carbonyl (C=O) groups is 1. The van der Waals surface area contributed by atoms with Crippen molar-refractivity contribution in [1.82, 2.24) is 10.3 Å². The van der Waals surface area contributed by atoms with Gasteiger partial charge < -0.3 is 5.32 Å². The van der Waals surface area contributed by atoms with E-state index in [4.69, 9.17) is 0 Å². The molecule has 0 unspecified atom stereocenters. The number of aryl methyl sites for hydroxylation is 1. The van der Waals surface area contributed by atoms with E-state index in [1.54, 1.807) is 54.9 Å². The van der Waals surface area contributed by atoms with E-state index in [1.807, 2.05) is 30.3 Å². The van der Waals surface area contributed by atoms with Gasteiger partial charge in [0.25, 0.3) is 10.0 Å². The number of sulfonamides is 1. The van der Waals surface area contributed by atoms with Crippen LogP contribution in [-0.2, 0) is 21.2 Å². The molecule has 1 aromatic heterocycles. The Labute approximate surface area is 183 Å². The summed E-state index contributed by atoms with van der Waals surface area (Å²) < 4.78 is 27.5.